The molecule has 0 aromatic heterocycles. The number of hydrogen-bond acceptors (Lipinski definition) is 6. The third kappa shape index (κ3) is 4.95. The Balaban J connectivity index is 0.00000225. The number of rotatable bonds is 4. The van der Waals surface area contributed by atoms with Crippen molar-refractivity contribution in [3.63, 3.8) is 0 Å². The van der Waals surface area contributed by atoms with Crippen LogP contribution in [0.3, 0.4) is 0 Å². The van der Waals surface area contributed by atoms with Crippen LogP contribution in [0.4, 0.5) is 0 Å². The first kappa shape index (κ1) is 20.6. The molecule has 0 N–H and O–H groups in total. The van der Waals surface area contributed by atoms with E-state index in [1.54, 1.807) is 24.3 Å². The smallest absolute Gasteiger partial charge is 0.168 e. The first-order valence-electron chi connectivity index (χ1n) is 8.17. The topological polar surface area (TPSA) is 80.8 Å². The predicted octanol–water partition coefficient (Wildman–Crippen LogP) is 1.08. The first-order chi connectivity index (χ1) is 11.4. The van der Waals surface area contributed by atoms with Gasteiger partial charge in [-0.05, 0) is 12.0 Å². The standard InChI is InChI=1S/C16H23NO5S2.ClH/c18-23(19)12-15(14-4-2-1-3-5-14)13-24(20,21)16(23)6-7-17-8-10-22-11-9-17;/h1-5,15-16H,6-13H2;1H. The van der Waals surface area contributed by atoms with Crippen molar-refractivity contribution >= 4 is 32.1 Å². The number of ether oxygens (including phenoxy) is 1. The third-order valence-corrected chi connectivity index (χ3v) is 10.3. The zero-order chi connectivity index (χ0) is 17.2. The molecule has 0 radical (unpaired) electrons. The average molecular weight is 410 g/mol. The number of halogens is 1. The summed E-state index contributed by atoms with van der Waals surface area (Å²) in [5, 5.41) is 0. The molecule has 0 bridgehead atoms. The van der Waals surface area contributed by atoms with Gasteiger partial charge >= 0.3 is 0 Å². The summed E-state index contributed by atoms with van der Waals surface area (Å²) in [5.41, 5.74) is 0.774. The van der Waals surface area contributed by atoms with E-state index in [0.29, 0.717) is 19.8 Å². The van der Waals surface area contributed by atoms with Crippen LogP contribution in [-0.2, 0) is 24.4 Å². The minimum atomic E-state index is -3.68. The Labute approximate surface area is 155 Å². The molecule has 0 aliphatic carbocycles. The summed E-state index contributed by atoms with van der Waals surface area (Å²) in [7, 11) is -7.35. The van der Waals surface area contributed by atoms with Crippen LogP contribution in [0.25, 0.3) is 0 Å². The Morgan fingerprint density at radius 1 is 0.960 bits per heavy atom. The Kier molecular flexibility index (Phi) is 6.89. The summed E-state index contributed by atoms with van der Waals surface area (Å²) in [6.45, 7) is 3.14. The Morgan fingerprint density at radius 3 is 2.08 bits per heavy atom. The molecule has 2 fully saturated rings. The number of benzene rings is 1. The number of hydrogen-bond donors (Lipinski definition) is 0. The molecular weight excluding hydrogens is 386 g/mol. The lowest BCUT2D eigenvalue weighted by molar-refractivity contribution is 0.0378. The molecule has 2 aliphatic rings. The first-order valence-corrected chi connectivity index (χ1v) is 11.6. The van der Waals surface area contributed by atoms with E-state index in [1.807, 2.05) is 6.07 Å². The van der Waals surface area contributed by atoms with Gasteiger partial charge in [0, 0.05) is 25.6 Å². The van der Waals surface area contributed by atoms with Gasteiger partial charge in [-0.2, -0.15) is 0 Å². The average Bonchev–Trinajstić information content (AvgIpc) is 2.54. The fourth-order valence-corrected chi connectivity index (χ4v) is 8.94. The summed E-state index contributed by atoms with van der Waals surface area (Å²) >= 11 is 0. The largest absolute Gasteiger partial charge is 0.379 e. The van der Waals surface area contributed by atoms with Crippen molar-refractivity contribution in [3.8, 4) is 0 Å². The van der Waals surface area contributed by atoms with Gasteiger partial charge in [-0.15, -0.1) is 12.4 Å². The van der Waals surface area contributed by atoms with Crippen LogP contribution < -0.4 is 0 Å². The maximum absolute atomic E-state index is 12.6. The van der Waals surface area contributed by atoms with Gasteiger partial charge in [0.25, 0.3) is 0 Å². The van der Waals surface area contributed by atoms with E-state index in [2.05, 4.69) is 4.90 Å². The van der Waals surface area contributed by atoms with Crippen molar-refractivity contribution in [1.82, 2.24) is 4.90 Å². The number of morpholine rings is 1. The van der Waals surface area contributed by atoms with Gasteiger partial charge in [0.05, 0.1) is 24.7 Å². The molecule has 25 heavy (non-hydrogen) atoms. The minimum Gasteiger partial charge on any atom is -0.379 e. The van der Waals surface area contributed by atoms with Gasteiger partial charge in [-0.1, -0.05) is 30.3 Å². The highest BCUT2D eigenvalue weighted by atomic mass is 35.5. The van der Waals surface area contributed by atoms with Crippen molar-refractivity contribution in [1.29, 1.82) is 0 Å². The molecule has 0 spiro atoms. The molecule has 0 saturated carbocycles. The van der Waals surface area contributed by atoms with Crippen LogP contribution in [0.2, 0.25) is 0 Å². The van der Waals surface area contributed by atoms with Gasteiger partial charge in [0.1, 0.15) is 0 Å². The van der Waals surface area contributed by atoms with Crippen molar-refractivity contribution in [2.75, 3.05) is 44.4 Å². The second-order valence-corrected chi connectivity index (χ2v) is 11.2. The van der Waals surface area contributed by atoms with E-state index in [-0.39, 0.29) is 30.3 Å². The van der Waals surface area contributed by atoms with Crippen molar-refractivity contribution in [2.45, 2.75) is 16.9 Å². The highest BCUT2D eigenvalue weighted by Crippen LogP contribution is 2.32. The molecule has 0 amide bonds. The zero-order valence-electron chi connectivity index (χ0n) is 13.9. The van der Waals surface area contributed by atoms with E-state index in [9.17, 15) is 16.8 Å². The van der Waals surface area contributed by atoms with E-state index in [1.165, 1.54) is 0 Å². The van der Waals surface area contributed by atoms with Crippen LogP contribution in [-0.4, -0.2) is 70.7 Å². The van der Waals surface area contributed by atoms with E-state index in [4.69, 9.17) is 4.74 Å². The molecule has 6 nitrogen and oxygen atoms in total. The number of sulfone groups is 2. The fourth-order valence-electron chi connectivity index (χ4n) is 3.44. The molecule has 3 rings (SSSR count). The lowest BCUT2D eigenvalue weighted by atomic mass is 10.0. The summed E-state index contributed by atoms with van der Waals surface area (Å²) in [4.78, 5) is 2.07. The summed E-state index contributed by atoms with van der Waals surface area (Å²) in [6, 6.07) is 9.03. The highest BCUT2D eigenvalue weighted by Gasteiger charge is 2.45. The van der Waals surface area contributed by atoms with Gasteiger partial charge in [-0.25, -0.2) is 16.8 Å². The van der Waals surface area contributed by atoms with E-state index >= 15 is 0 Å². The van der Waals surface area contributed by atoms with Crippen LogP contribution in [0.1, 0.15) is 17.9 Å². The molecule has 9 heteroatoms. The van der Waals surface area contributed by atoms with Gasteiger partial charge in [0.2, 0.25) is 0 Å². The Hall–Kier alpha value is -0.670. The van der Waals surface area contributed by atoms with Gasteiger partial charge in [-0.3, -0.25) is 4.90 Å². The molecular formula is C16H24ClNO5S2. The molecule has 2 saturated heterocycles. The lowest BCUT2D eigenvalue weighted by Crippen LogP contribution is -2.46. The third-order valence-electron chi connectivity index (χ3n) is 4.72. The molecule has 1 aromatic rings. The predicted molar refractivity (Wildman–Crippen MR) is 99.7 cm³/mol. The molecule has 142 valence electrons. The van der Waals surface area contributed by atoms with Crippen molar-refractivity contribution in [3.05, 3.63) is 35.9 Å². The van der Waals surface area contributed by atoms with Crippen molar-refractivity contribution < 1.29 is 21.6 Å². The second-order valence-electron chi connectivity index (χ2n) is 6.44. The van der Waals surface area contributed by atoms with Crippen LogP contribution in [0.15, 0.2) is 30.3 Å². The lowest BCUT2D eigenvalue weighted by Gasteiger charge is -2.31. The molecule has 2 aliphatic heterocycles. The number of nitrogens with zero attached hydrogens (tertiary/aromatic N) is 1. The fraction of sp³-hybridized carbons (Fsp3) is 0.625. The molecule has 1 aromatic carbocycles. The molecule has 0 atom stereocenters. The maximum atomic E-state index is 12.6. The van der Waals surface area contributed by atoms with Crippen molar-refractivity contribution in [2.24, 2.45) is 0 Å². The van der Waals surface area contributed by atoms with Gasteiger partial charge < -0.3 is 4.74 Å². The monoisotopic (exact) mass is 409 g/mol. The summed E-state index contributed by atoms with van der Waals surface area (Å²) in [6.07, 6.45) is 0.145. The summed E-state index contributed by atoms with van der Waals surface area (Å²) < 4.78 is 54.5. The Bertz CT molecular complexity index is 725. The Morgan fingerprint density at radius 2 is 1.52 bits per heavy atom. The van der Waals surface area contributed by atoms with E-state index in [0.717, 1.165) is 18.7 Å². The highest BCUT2D eigenvalue weighted by molar-refractivity contribution is 8.09. The summed E-state index contributed by atoms with van der Waals surface area (Å²) in [5.74, 6) is -0.658. The van der Waals surface area contributed by atoms with Gasteiger partial charge in [0.15, 0.2) is 24.3 Å². The second kappa shape index (κ2) is 8.35. The van der Waals surface area contributed by atoms with Crippen LogP contribution >= 0.6 is 12.4 Å². The zero-order valence-corrected chi connectivity index (χ0v) is 16.4. The normalized spacial score (nSPS) is 28.8. The van der Waals surface area contributed by atoms with E-state index < -0.39 is 30.2 Å². The SMILES string of the molecule is Cl.O=S1(=O)CC(c2ccccc2)CS(=O)(=O)C1CCN1CCOCC1. The van der Waals surface area contributed by atoms with Crippen LogP contribution in [0, 0.1) is 0 Å². The van der Waals surface area contributed by atoms with Crippen LogP contribution in [0.5, 0.6) is 0 Å². The molecule has 2 heterocycles. The maximum Gasteiger partial charge on any atom is 0.168 e. The molecule has 0 unspecified atom stereocenters. The minimum absolute atomic E-state index is 0. The quantitative estimate of drug-likeness (QED) is 0.740.